The number of rotatable bonds is 5. The van der Waals surface area contributed by atoms with E-state index in [1.807, 2.05) is 12.1 Å². The van der Waals surface area contributed by atoms with Gasteiger partial charge in [0, 0.05) is 11.3 Å². The summed E-state index contributed by atoms with van der Waals surface area (Å²) in [4.78, 5) is 16.5. The summed E-state index contributed by atoms with van der Waals surface area (Å²) in [6.07, 6.45) is 2.30. The number of fused-ring (bicyclic) bond motifs is 1. The third-order valence-electron chi connectivity index (χ3n) is 5.83. The van der Waals surface area contributed by atoms with Crippen LogP contribution in [0.2, 0.25) is 5.04 Å². The Bertz CT molecular complexity index is 994. The first-order valence-corrected chi connectivity index (χ1v) is 13.0. The summed E-state index contributed by atoms with van der Waals surface area (Å²) in [7, 11) is -2.62. The van der Waals surface area contributed by atoms with E-state index in [-0.39, 0.29) is 35.0 Å². The van der Waals surface area contributed by atoms with Gasteiger partial charge in [0.15, 0.2) is 0 Å². The van der Waals surface area contributed by atoms with Crippen LogP contribution in [0.3, 0.4) is 0 Å². The van der Waals surface area contributed by atoms with Gasteiger partial charge in [-0.25, -0.2) is 4.98 Å². The molecule has 0 N–H and O–H groups in total. The molecular formula is C24H26LiNO3SSi. The van der Waals surface area contributed by atoms with Crippen LogP contribution >= 0.6 is 11.3 Å². The second-order valence-electron chi connectivity index (χ2n) is 8.82. The summed E-state index contributed by atoms with van der Waals surface area (Å²) in [6.45, 7) is 6.82. The molecule has 0 aliphatic heterocycles. The van der Waals surface area contributed by atoms with Crippen molar-refractivity contribution in [2.24, 2.45) is 0 Å². The van der Waals surface area contributed by atoms with Gasteiger partial charge in [-0.1, -0.05) is 81.4 Å². The Morgan fingerprint density at radius 1 is 1.06 bits per heavy atom. The van der Waals surface area contributed by atoms with Crippen LogP contribution in [0.15, 0.2) is 60.7 Å². The Morgan fingerprint density at radius 3 is 2.10 bits per heavy atom. The zero-order chi connectivity index (χ0) is 21.4. The standard InChI is InChI=1S/C24H27NO3SSi.Li/c1-24(2,3)30(18-10-6-4-7-11-18,19-12-8-5-9-13-19)28-17-14-15-20-21(16-17)29-22(25-20)23(26)27;/h4-13,17H,14-16H2,1-3H3,(H,26,27);/q;+1/p-1. The van der Waals surface area contributed by atoms with Crippen LogP contribution in [0.1, 0.15) is 47.6 Å². The summed E-state index contributed by atoms with van der Waals surface area (Å²) in [5, 5.41) is 13.8. The van der Waals surface area contributed by atoms with E-state index < -0.39 is 14.3 Å². The minimum absolute atomic E-state index is 0. The molecule has 1 aliphatic carbocycles. The van der Waals surface area contributed by atoms with Gasteiger partial charge in [-0.05, 0) is 28.3 Å². The van der Waals surface area contributed by atoms with Crippen LogP contribution < -0.4 is 34.3 Å². The molecule has 1 aromatic heterocycles. The molecule has 0 radical (unpaired) electrons. The quantitative estimate of drug-likeness (QED) is 0.519. The molecule has 4 rings (SSSR count). The van der Waals surface area contributed by atoms with Crippen molar-refractivity contribution in [1.82, 2.24) is 4.98 Å². The van der Waals surface area contributed by atoms with E-state index in [9.17, 15) is 9.90 Å². The Balaban J connectivity index is 0.00000272. The molecule has 31 heavy (non-hydrogen) atoms. The summed E-state index contributed by atoms with van der Waals surface area (Å²) in [6, 6.07) is 21.2. The molecule has 0 spiro atoms. The molecule has 1 unspecified atom stereocenters. The normalized spacial score (nSPS) is 16.3. The topological polar surface area (TPSA) is 62.2 Å². The minimum atomic E-state index is -2.62. The van der Waals surface area contributed by atoms with E-state index in [1.165, 1.54) is 21.7 Å². The van der Waals surface area contributed by atoms with Gasteiger partial charge < -0.3 is 14.3 Å². The van der Waals surface area contributed by atoms with Gasteiger partial charge in [-0.2, -0.15) is 0 Å². The number of thiazole rings is 1. The Morgan fingerprint density at radius 2 is 1.61 bits per heavy atom. The number of carboxylic acids is 1. The van der Waals surface area contributed by atoms with Crippen molar-refractivity contribution in [1.29, 1.82) is 0 Å². The number of aromatic carboxylic acids is 1. The molecule has 4 nitrogen and oxygen atoms in total. The fourth-order valence-corrected chi connectivity index (χ4v) is 10.2. The van der Waals surface area contributed by atoms with E-state index in [4.69, 9.17) is 4.43 Å². The number of hydrogen-bond acceptors (Lipinski definition) is 5. The van der Waals surface area contributed by atoms with Crippen molar-refractivity contribution in [3.63, 3.8) is 0 Å². The molecule has 0 saturated carbocycles. The van der Waals surface area contributed by atoms with Crippen LogP contribution in [0.5, 0.6) is 0 Å². The Kier molecular flexibility index (Phi) is 7.30. The molecule has 0 fully saturated rings. The monoisotopic (exact) mass is 443 g/mol. The van der Waals surface area contributed by atoms with Gasteiger partial charge in [0.05, 0.1) is 11.8 Å². The zero-order valence-corrected chi connectivity index (χ0v) is 20.4. The molecule has 3 aromatic rings. The summed E-state index contributed by atoms with van der Waals surface area (Å²) < 4.78 is 7.20. The Labute approximate surface area is 201 Å². The van der Waals surface area contributed by atoms with Crippen LogP contribution in [0, 0.1) is 0 Å². The van der Waals surface area contributed by atoms with Gasteiger partial charge >= 0.3 is 18.9 Å². The van der Waals surface area contributed by atoms with Crippen molar-refractivity contribution < 1.29 is 33.2 Å². The number of aryl methyl sites for hydroxylation is 1. The molecule has 7 heteroatoms. The maximum absolute atomic E-state index is 11.2. The average Bonchev–Trinajstić information content (AvgIpc) is 3.16. The second-order valence-corrected chi connectivity index (χ2v) is 14.2. The zero-order valence-electron chi connectivity index (χ0n) is 18.6. The first kappa shape index (κ1) is 24.0. The number of aromatic nitrogens is 1. The van der Waals surface area contributed by atoms with E-state index in [2.05, 4.69) is 74.3 Å². The number of nitrogens with zero attached hydrogens (tertiary/aromatic N) is 1. The number of hydrogen-bond donors (Lipinski definition) is 0. The van der Waals surface area contributed by atoms with Crippen LogP contribution in [0.25, 0.3) is 0 Å². The van der Waals surface area contributed by atoms with Crippen molar-refractivity contribution >= 4 is 36.0 Å². The SMILES string of the molecule is CC(C)(C)[Si](OC1CCc2nc(C(=O)[O-])sc2C1)(c1ccccc1)c1ccccc1.[Li+]. The fourth-order valence-electron chi connectivity index (χ4n) is 4.47. The molecule has 1 heterocycles. The molecule has 1 atom stereocenters. The molecule has 0 bridgehead atoms. The van der Waals surface area contributed by atoms with Gasteiger partial charge in [-0.3, -0.25) is 0 Å². The van der Waals surface area contributed by atoms with Gasteiger partial charge in [0.2, 0.25) is 0 Å². The largest absolute Gasteiger partial charge is 1.00 e. The predicted molar refractivity (Wildman–Crippen MR) is 121 cm³/mol. The van der Waals surface area contributed by atoms with Gasteiger partial charge in [0.1, 0.15) is 11.0 Å². The number of carbonyl (C=O) groups excluding carboxylic acids is 1. The third kappa shape index (κ3) is 4.60. The number of benzene rings is 2. The molecule has 1 aliphatic rings. The molecule has 0 saturated heterocycles. The first-order valence-electron chi connectivity index (χ1n) is 10.3. The van der Waals surface area contributed by atoms with E-state index >= 15 is 0 Å². The van der Waals surface area contributed by atoms with E-state index in [0.717, 1.165) is 23.4 Å². The van der Waals surface area contributed by atoms with Crippen molar-refractivity contribution in [3.8, 4) is 0 Å². The molecule has 156 valence electrons. The smallest absolute Gasteiger partial charge is 0.542 e. The summed E-state index contributed by atoms with van der Waals surface area (Å²) in [5.41, 5.74) is 0.890. The van der Waals surface area contributed by atoms with E-state index in [0.29, 0.717) is 6.42 Å². The third-order valence-corrected chi connectivity index (χ3v) is 12.0. The van der Waals surface area contributed by atoms with Crippen molar-refractivity contribution in [2.45, 2.75) is 51.2 Å². The summed E-state index contributed by atoms with van der Waals surface area (Å²) in [5.74, 6) is -1.20. The molecule has 0 amide bonds. The minimum Gasteiger partial charge on any atom is -0.542 e. The first-order chi connectivity index (χ1) is 14.3. The van der Waals surface area contributed by atoms with Crippen LogP contribution in [-0.4, -0.2) is 25.4 Å². The summed E-state index contributed by atoms with van der Waals surface area (Å²) >= 11 is 1.23. The van der Waals surface area contributed by atoms with E-state index in [1.54, 1.807) is 0 Å². The van der Waals surface area contributed by atoms with Crippen molar-refractivity contribution in [2.75, 3.05) is 0 Å². The maximum atomic E-state index is 11.2. The maximum Gasteiger partial charge on any atom is 1.00 e. The van der Waals surface area contributed by atoms with Crippen LogP contribution in [0.4, 0.5) is 0 Å². The molecule has 2 aromatic carbocycles. The average molecular weight is 444 g/mol. The number of carbonyl (C=O) groups is 1. The Hall–Kier alpha value is -1.69. The van der Waals surface area contributed by atoms with Gasteiger partial charge in [0.25, 0.3) is 8.32 Å². The fraction of sp³-hybridized carbons (Fsp3) is 0.333. The number of carboxylic acid groups (broad SMARTS) is 1. The van der Waals surface area contributed by atoms with Crippen LogP contribution in [-0.2, 0) is 17.3 Å². The second kappa shape index (κ2) is 9.44. The predicted octanol–water partition coefficient (Wildman–Crippen LogP) is -0.0555. The molecular weight excluding hydrogens is 417 g/mol. The van der Waals surface area contributed by atoms with Gasteiger partial charge in [-0.15, -0.1) is 11.3 Å². The van der Waals surface area contributed by atoms with Crippen molar-refractivity contribution in [3.05, 3.63) is 76.2 Å².